The van der Waals surface area contributed by atoms with Gasteiger partial charge < -0.3 is 4.74 Å². The fourth-order valence-electron chi connectivity index (χ4n) is 2.47. The molecule has 0 aliphatic carbocycles. The van der Waals surface area contributed by atoms with E-state index < -0.39 is 0 Å². The molecule has 5 heteroatoms. The van der Waals surface area contributed by atoms with E-state index in [1.807, 2.05) is 22.9 Å². The monoisotopic (exact) mass is 272 g/mol. The first-order valence-corrected chi connectivity index (χ1v) is 7.06. The zero-order valence-corrected chi connectivity index (χ0v) is 11.9. The second kappa shape index (κ2) is 5.63. The summed E-state index contributed by atoms with van der Waals surface area (Å²) in [7, 11) is 0. The van der Waals surface area contributed by atoms with Crippen LogP contribution in [0, 0.1) is 5.92 Å². The van der Waals surface area contributed by atoms with Crippen molar-refractivity contribution < 1.29 is 4.74 Å². The highest BCUT2D eigenvalue weighted by atomic mass is 16.5. The molecular formula is C15H20N4O. The summed E-state index contributed by atoms with van der Waals surface area (Å²) in [6.45, 7) is 6.64. The smallest absolute Gasteiger partial charge is 0.140 e. The van der Waals surface area contributed by atoms with Crippen LogP contribution in [0.5, 0.6) is 5.75 Å². The maximum atomic E-state index is 5.67. The van der Waals surface area contributed by atoms with Crippen molar-refractivity contribution in [3.8, 4) is 5.75 Å². The molecule has 2 aromatic rings. The van der Waals surface area contributed by atoms with E-state index >= 15 is 0 Å². The average Bonchev–Trinajstić information content (AvgIpc) is 3.02. The fourth-order valence-corrected chi connectivity index (χ4v) is 2.47. The maximum Gasteiger partial charge on any atom is 0.140 e. The van der Waals surface area contributed by atoms with Gasteiger partial charge in [-0.05, 0) is 12.0 Å². The van der Waals surface area contributed by atoms with Gasteiger partial charge in [-0.3, -0.25) is 5.32 Å². The highest BCUT2D eigenvalue weighted by Gasteiger charge is 2.23. The van der Waals surface area contributed by atoms with E-state index in [1.165, 1.54) is 5.56 Å². The zero-order valence-electron chi connectivity index (χ0n) is 11.9. The number of aromatic nitrogens is 3. The number of hydrogen-bond donors (Lipinski definition) is 1. The van der Waals surface area contributed by atoms with Gasteiger partial charge in [0.1, 0.15) is 24.5 Å². The molecule has 0 saturated heterocycles. The summed E-state index contributed by atoms with van der Waals surface area (Å²) < 4.78 is 7.64. The van der Waals surface area contributed by atoms with Crippen LogP contribution in [0.15, 0.2) is 30.6 Å². The van der Waals surface area contributed by atoms with E-state index in [0.29, 0.717) is 19.1 Å². The highest BCUT2D eigenvalue weighted by Crippen LogP contribution is 2.31. The predicted molar refractivity (Wildman–Crippen MR) is 76.4 cm³/mol. The molecule has 0 bridgehead atoms. The minimum absolute atomic E-state index is 0.232. The van der Waals surface area contributed by atoms with Crippen LogP contribution in [0.2, 0.25) is 0 Å². The summed E-state index contributed by atoms with van der Waals surface area (Å²) in [6, 6.07) is 8.40. The molecule has 1 aliphatic heterocycles. The lowest BCUT2D eigenvalue weighted by Gasteiger charge is -2.13. The number of rotatable bonds is 5. The highest BCUT2D eigenvalue weighted by molar-refractivity contribution is 5.39. The van der Waals surface area contributed by atoms with Crippen LogP contribution in [0.4, 0.5) is 0 Å². The summed E-state index contributed by atoms with van der Waals surface area (Å²) in [6.07, 6.45) is 1.62. The van der Waals surface area contributed by atoms with Crippen LogP contribution < -0.4 is 10.1 Å². The molecule has 106 valence electrons. The first kappa shape index (κ1) is 13.1. The first-order chi connectivity index (χ1) is 9.74. The number of hydrogen-bond acceptors (Lipinski definition) is 4. The lowest BCUT2D eigenvalue weighted by atomic mass is 10.1. The Labute approximate surface area is 119 Å². The lowest BCUT2D eigenvalue weighted by Crippen LogP contribution is -2.24. The molecule has 1 aliphatic rings. The number of fused-ring (bicyclic) bond motifs is 1. The largest absolute Gasteiger partial charge is 0.491 e. The Hall–Kier alpha value is -1.88. The van der Waals surface area contributed by atoms with Crippen LogP contribution in [0.1, 0.15) is 31.3 Å². The van der Waals surface area contributed by atoms with Crippen molar-refractivity contribution >= 4 is 0 Å². The van der Waals surface area contributed by atoms with E-state index in [0.717, 1.165) is 18.1 Å². The number of nitrogens with one attached hydrogen (secondary N) is 1. The molecule has 0 radical (unpaired) electrons. The standard InChI is InChI=1S/C15H20N4O/c1-11(2)8-19-15(17-10-18-19)7-16-13-9-20-14-6-4-3-5-12(13)14/h3-6,10-11,13,16H,7-9H2,1-2H3. The summed E-state index contributed by atoms with van der Waals surface area (Å²) in [5.74, 6) is 2.52. The molecule has 0 fully saturated rings. The van der Waals surface area contributed by atoms with E-state index in [9.17, 15) is 0 Å². The molecule has 0 amide bonds. The summed E-state index contributed by atoms with van der Waals surface area (Å²) in [5.41, 5.74) is 1.22. The summed E-state index contributed by atoms with van der Waals surface area (Å²) >= 11 is 0. The topological polar surface area (TPSA) is 52.0 Å². The molecular weight excluding hydrogens is 252 g/mol. The van der Waals surface area contributed by atoms with Crippen molar-refractivity contribution in [3.63, 3.8) is 0 Å². The Morgan fingerprint density at radius 1 is 1.40 bits per heavy atom. The van der Waals surface area contributed by atoms with Crippen LogP contribution in [0.25, 0.3) is 0 Å². The van der Waals surface area contributed by atoms with Gasteiger partial charge in [-0.1, -0.05) is 32.0 Å². The van der Waals surface area contributed by atoms with Crippen molar-refractivity contribution in [2.45, 2.75) is 33.0 Å². The average molecular weight is 272 g/mol. The molecule has 1 aromatic carbocycles. The van der Waals surface area contributed by atoms with Gasteiger partial charge in [0.25, 0.3) is 0 Å². The van der Waals surface area contributed by atoms with Gasteiger partial charge in [-0.15, -0.1) is 0 Å². The van der Waals surface area contributed by atoms with Crippen molar-refractivity contribution in [1.82, 2.24) is 20.1 Å². The Bertz CT molecular complexity index is 579. The number of benzene rings is 1. The third-order valence-corrected chi connectivity index (χ3v) is 3.44. The van der Waals surface area contributed by atoms with Crippen molar-refractivity contribution in [1.29, 1.82) is 0 Å². The SMILES string of the molecule is CC(C)Cn1ncnc1CNC1COc2ccccc21. The zero-order chi connectivity index (χ0) is 13.9. The molecule has 5 nitrogen and oxygen atoms in total. The summed E-state index contributed by atoms with van der Waals surface area (Å²) in [5, 5.41) is 7.79. The van der Waals surface area contributed by atoms with Gasteiger partial charge >= 0.3 is 0 Å². The molecule has 0 spiro atoms. The van der Waals surface area contributed by atoms with Crippen LogP contribution in [0.3, 0.4) is 0 Å². The normalized spacial score (nSPS) is 17.2. The van der Waals surface area contributed by atoms with E-state index in [4.69, 9.17) is 4.74 Å². The molecule has 1 N–H and O–H groups in total. The van der Waals surface area contributed by atoms with E-state index in [1.54, 1.807) is 6.33 Å². The quantitative estimate of drug-likeness (QED) is 0.906. The second-order valence-corrected chi connectivity index (χ2v) is 5.53. The number of ether oxygens (including phenoxy) is 1. The first-order valence-electron chi connectivity index (χ1n) is 7.06. The molecule has 1 atom stereocenters. The van der Waals surface area contributed by atoms with Crippen molar-refractivity contribution in [2.24, 2.45) is 5.92 Å². The summed E-state index contributed by atoms with van der Waals surface area (Å²) in [4.78, 5) is 4.33. The third-order valence-electron chi connectivity index (χ3n) is 3.44. The lowest BCUT2D eigenvalue weighted by molar-refractivity contribution is 0.308. The molecule has 1 aromatic heterocycles. The van der Waals surface area contributed by atoms with Gasteiger partial charge in [-0.2, -0.15) is 5.10 Å². The molecule has 2 heterocycles. The van der Waals surface area contributed by atoms with Crippen LogP contribution >= 0.6 is 0 Å². The van der Waals surface area contributed by atoms with E-state index in [-0.39, 0.29) is 6.04 Å². The molecule has 1 unspecified atom stereocenters. The van der Waals surface area contributed by atoms with Crippen LogP contribution in [-0.2, 0) is 13.1 Å². The van der Waals surface area contributed by atoms with Gasteiger partial charge in [-0.25, -0.2) is 9.67 Å². The Morgan fingerprint density at radius 3 is 3.10 bits per heavy atom. The number of para-hydroxylation sites is 1. The maximum absolute atomic E-state index is 5.67. The fraction of sp³-hybridized carbons (Fsp3) is 0.467. The minimum atomic E-state index is 0.232. The third kappa shape index (κ3) is 2.67. The van der Waals surface area contributed by atoms with Gasteiger partial charge in [0.15, 0.2) is 0 Å². The van der Waals surface area contributed by atoms with Gasteiger partial charge in [0, 0.05) is 12.1 Å². The van der Waals surface area contributed by atoms with Gasteiger partial charge in [0.05, 0.1) is 12.6 Å². The molecule has 3 rings (SSSR count). The van der Waals surface area contributed by atoms with E-state index in [2.05, 4.69) is 35.3 Å². The minimum Gasteiger partial charge on any atom is -0.491 e. The van der Waals surface area contributed by atoms with Crippen molar-refractivity contribution in [3.05, 3.63) is 42.0 Å². The second-order valence-electron chi connectivity index (χ2n) is 5.53. The molecule has 20 heavy (non-hydrogen) atoms. The van der Waals surface area contributed by atoms with Crippen LogP contribution in [-0.4, -0.2) is 21.4 Å². The predicted octanol–water partition coefficient (Wildman–Crippen LogP) is 2.16. The van der Waals surface area contributed by atoms with Gasteiger partial charge in [0.2, 0.25) is 0 Å². The Morgan fingerprint density at radius 2 is 2.25 bits per heavy atom. The Balaban J connectivity index is 1.65. The molecule has 0 saturated carbocycles. The number of nitrogens with zero attached hydrogens (tertiary/aromatic N) is 3. The Kier molecular flexibility index (Phi) is 3.69. The van der Waals surface area contributed by atoms with Crippen molar-refractivity contribution in [2.75, 3.05) is 6.61 Å².